The monoisotopic (exact) mass is 316 g/mol. The molecule has 0 saturated carbocycles. The molecule has 0 saturated heterocycles. The number of benzene rings is 1. The highest BCUT2D eigenvalue weighted by molar-refractivity contribution is 7.89. The van der Waals surface area contributed by atoms with E-state index in [1.165, 1.54) is 12.1 Å². The zero-order chi connectivity index (χ0) is 16.3. The second kappa shape index (κ2) is 6.42. The Kier molecular flexibility index (Phi) is 5.32. The van der Waals surface area contributed by atoms with Gasteiger partial charge in [0.05, 0.1) is 10.5 Å². The molecule has 0 aliphatic heterocycles. The number of anilines is 1. The molecule has 118 valence electrons. The van der Waals surface area contributed by atoms with Gasteiger partial charge < -0.3 is 15.9 Å². The maximum absolute atomic E-state index is 12.2. The fraction of sp³-hybridized carbons (Fsp3) is 0.462. The molecule has 1 rings (SSSR count). The van der Waals surface area contributed by atoms with Gasteiger partial charge in [-0.3, -0.25) is 0 Å². The normalized spacial score (nSPS) is 12.3. The molecule has 0 amide bonds. The van der Waals surface area contributed by atoms with Crippen LogP contribution in [0, 0.1) is 5.41 Å². The first-order valence-electron chi connectivity index (χ1n) is 6.32. The van der Waals surface area contributed by atoms with Crippen LogP contribution < -0.4 is 10.5 Å². The van der Waals surface area contributed by atoms with Crippen LogP contribution in [0.3, 0.4) is 0 Å². The number of nitrogens with one attached hydrogen (secondary N) is 1. The summed E-state index contributed by atoms with van der Waals surface area (Å²) in [4.78, 5) is 10.8. The second-order valence-corrected chi connectivity index (χ2v) is 7.26. The average Bonchev–Trinajstić information content (AvgIpc) is 2.36. The van der Waals surface area contributed by atoms with Gasteiger partial charge in [-0.2, -0.15) is 0 Å². The van der Waals surface area contributed by atoms with Crippen molar-refractivity contribution in [2.75, 3.05) is 18.9 Å². The quantitative estimate of drug-likeness (QED) is 0.547. The number of aliphatic hydroxyl groups is 1. The van der Waals surface area contributed by atoms with E-state index in [0.29, 0.717) is 6.42 Å². The fourth-order valence-corrected chi connectivity index (χ4v) is 3.13. The molecule has 1 aromatic carbocycles. The Hall–Kier alpha value is -1.64. The summed E-state index contributed by atoms with van der Waals surface area (Å²) < 4.78 is 26.9. The van der Waals surface area contributed by atoms with Crippen LogP contribution in [0.2, 0.25) is 0 Å². The molecule has 1 aromatic rings. The first-order valence-corrected chi connectivity index (χ1v) is 7.81. The van der Waals surface area contributed by atoms with Crippen LogP contribution in [0.4, 0.5) is 5.69 Å². The van der Waals surface area contributed by atoms with Gasteiger partial charge in [-0.25, -0.2) is 17.9 Å². The van der Waals surface area contributed by atoms with Crippen molar-refractivity contribution in [2.24, 2.45) is 5.41 Å². The van der Waals surface area contributed by atoms with Crippen LogP contribution in [0.15, 0.2) is 23.1 Å². The van der Waals surface area contributed by atoms with Crippen molar-refractivity contribution in [1.82, 2.24) is 4.72 Å². The predicted octanol–water partition coefficient (Wildman–Crippen LogP) is 0.654. The Morgan fingerprint density at radius 3 is 2.52 bits per heavy atom. The molecular formula is C13H20N2O5S. The van der Waals surface area contributed by atoms with Crippen LogP contribution in [0.25, 0.3) is 0 Å². The van der Waals surface area contributed by atoms with E-state index in [-0.39, 0.29) is 29.3 Å². The summed E-state index contributed by atoms with van der Waals surface area (Å²) in [5, 5.41) is 18.0. The average molecular weight is 316 g/mol. The third kappa shape index (κ3) is 4.69. The first kappa shape index (κ1) is 17.4. The lowest BCUT2D eigenvalue weighted by atomic mass is 9.90. The highest BCUT2D eigenvalue weighted by atomic mass is 32.2. The molecule has 0 radical (unpaired) electrons. The Morgan fingerprint density at radius 2 is 2.00 bits per heavy atom. The Balaban J connectivity index is 3.07. The van der Waals surface area contributed by atoms with E-state index in [0.717, 1.165) is 6.07 Å². The van der Waals surface area contributed by atoms with Crippen molar-refractivity contribution in [3.05, 3.63) is 23.8 Å². The number of carboxylic acid groups (broad SMARTS) is 1. The topological polar surface area (TPSA) is 130 Å². The Labute approximate surface area is 123 Å². The standard InChI is InChI=1S/C13H20N2O5S/c1-13(2,5-6-16)8-15-21(19,20)11-4-3-9(14)7-10(11)12(17)18/h3-4,7,15-16H,5-6,8,14H2,1-2H3,(H,17,18). The fourth-order valence-electron chi connectivity index (χ4n) is 1.71. The van der Waals surface area contributed by atoms with Crippen molar-refractivity contribution in [3.63, 3.8) is 0 Å². The molecule has 0 spiro atoms. The highest BCUT2D eigenvalue weighted by Crippen LogP contribution is 2.22. The number of hydrogen-bond acceptors (Lipinski definition) is 5. The lowest BCUT2D eigenvalue weighted by Gasteiger charge is -2.24. The van der Waals surface area contributed by atoms with E-state index in [2.05, 4.69) is 4.72 Å². The molecule has 5 N–H and O–H groups in total. The maximum Gasteiger partial charge on any atom is 0.337 e. The molecule has 0 fully saturated rings. The number of aliphatic hydroxyl groups excluding tert-OH is 1. The van der Waals surface area contributed by atoms with Gasteiger partial charge in [0.15, 0.2) is 0 Å². The number of nitrogens with two attached hydrogens (primary N) is 1. The molecule has 0 atom stereocenters. The summed E-state index contributed by atoms with van der Waals surface area (Å²) in [5.74, 6) is -1.36. The van der Waals surface area contributed by atoms with Crippen molar-refractivity contribution in [2.45, 2.75) is 25.2 Å². The van der Waals surface area contributed by atoms with Crippen LogP contribution in [0.1, 0.15) is 30.6 Å². The highest BCUT2D eigenvalue weighted by Gasteiger charge is 2.25. The van der Waals surface area contributed by atoms with E-state index < -0.39 is 21.4 Å². The SMILES string of the molecule is CC(C)(CCO)CNS(=O)(=O)c1ccc(N)cc1C(=O)O. The summed E-state index contributed by atoms with van der Waals surface area (Å²) >= 11 is 0. The third-order valence-electron chi connectivity index (χ3n) is 3.05. The van der Waals surface area contributed by atoms with Crippen LogP contribution >= 0.6 is 0 Å². The predicted molar refractivity (Wildman–Crippen MR) is 78.5 cm³/mol. The molecule has 0 heterocycles. The van der Waals surface area contributed by atoms with Gasteiger partial charge in [-0.1, -0.05) is 13.8 Å². The number of aromatic carboxylic acids is 1. The minimum Gasteiger partial charge on any atom is -0.478 e. The van der Waals surface area contributed by atoms with Gasteiger partial charge >= 0.3 is 5.97 Å². The number of rotatable bonds is 7. The van der Waals surface area contributed by atoms with Crippen LogP contribution in [-0.2, 0) is 10.0 Å². The molecule has 0 aromatic heterocycles. The number of carboxylic acids is 1. The van der Waals surface area contributed by atoms with Crippen molar-refractivity contribution in [3.8, 4) is 0 Å². The zero-order valence-electron chi connectivity index (χ0n) is 12.0. The van der Waals surface area contributed by atoms with Crippen LogP contribution in [-0.4, -0.2) is 37.8 Å². The minimum absolute atomic E-state index is 0.0586. The Morgan fingerprint density at radius 1 is 1.38 bits per heavy atom. The molecule has 0 aliphatic rings. The van der Waals surface area contributed by atoms with E-state index >= 15 is 0 Å². The summed E-state index contributed by atoms with van der Waals surface area (Å²) in [6.45, 7) is 3.62. The molecular weight excluding hydrogens is 296 g/mol. The maximum atomic E-state index is 12.2. The summed E-state index contributed by atoms with van der Waals surface area (Å²) in [6, 6.07) is 3.61. The lowest BCUT2D eigenvalue weighted by molar-refractivity contribution is 0.0692. The molecule has 0 bridgehead atoms. The summed E-state index contributed by atoms with van der Waals surface area (Å²) in [6.07, 6.45) is 0.420. The molecule has 7 nitrogen and oxygen atoms in total. The first-order chi connectivity index (χ1) is 9.59. The van der Waals surface area contributed by atoms with Crippen molar-refractivity contribution < 1.29 is 23.4 Å². The molecule has 8 heteroatoms. The van der Waals surface area contributed by atoms with Gasteiger partial charge in [0, 0.05) is 18.8 Å². The van der Waals surface area contributed by atoms with Crippen molar-refractivity contribution in [1.29, 1.82) is 0 Å². The smallest absolute Gasteiger partial charge is 0.337 e. The van der Waals surface area contributed by atoms with E-state index in [1.54, 1.807) is 13.8 Å². The molecule has 21 heavy (non-hydrogen) atoms. The molecule has 0 aliphatic carbocycles. The molecule has 0 unspecified atom stereocenters. The number of hydrogen-bond donors (Lipinski definition) is 4. The van der Waals surface area contributed by atoms with Gasteiger partial charge in [0.2, 0.25) is 10.0 Å². The lowest BCUT2D eigenvalue weighted by Crippen LogP contribution is -2.35. The Bertz CT molecular complexity index is 625. The van der Waals surface area contributed by atoms with E-state index in [1.807, 2.05) is 0 Å². The second-order valence-electron chi connectivity index (χ2n) is 5.52. The van der Waals surface area contributed by atoms with Gasteiger partial charge in [0.1, 0.15) is 0 Å². The minimum atomic E-state index is -3.97. The van der Waals surface area contributed by atoms with E-state index in [4.69, 9.17) is 15.9 Å². The van der Waals surface area contributed by atoms with Gasteiger partial charge in [-0.15, -0.1) is 0 Å². The van der Waals surface area contributed by atoms with Gasteiger partial charge in [-0.05, 0) is 30.0 Å². The largest absolute Gasteiger partial charge is 0.478 e. The van der Waals surface area contributed by atoms with Crippen LogP contribution in [0.5, 0.6) is 0 Å². The zero-order valence-corrected chi connectivity index (χ0v) is 12.8. The number of sulfonamides is 1. The van der Waals surface area contributed by atoms with E-state index in [9.17, 15) is 13.2 Å². The summed E-state index contributed by atoms with van der Waals surface area (Å²) in [7, 11) is -3.97. The summed E-state index contributed by atoms with van der Waals surface area (Å²) in [5.41, 5.74) is 4.84. The third-order valence-corrected chi connectivity index (χ3v) is 4.51. The number of carbonyl (C=O) groups is 1. The number of nitrogen functional groups attached to an aromatic ring is 1. The van der Waals surface area contributed by atoms with Crippen molar-refractivity contribution >= 4 is 21.7 Å². The van der Waals surface area contributed by atoms with Gasteiger partial charge in [0.25, 0.3) is 0 Å².